The quantitative estimate of drug-likeness (QED) is 0.457. The molecule has 0 aromatic heterocycles. The van der Waals surface area contributed by atoms with Crippen molar-refractivity contribution in [2.75, 3.05) is 7.11 Å². The highest BCUT2D eigenvalue weighted by atomic mass is 16.5. The van der Waals surface area contributed by atoms with E-state index >= 15 is 0 Å². The number of rotatable bonds is 3. The lowest BCUT2D eigenvalue weighted by Gasteiger charge is -1.96. The maximum absolute atomic E-state index is 11.0. The van der Waals surface area contributed by atoms with Crippen LogP contribution in [0.3, 0.4) is 0 Å². The summed E-state index contributed by atoms with van der Waals surface area (Å²) in [5.74, 6) is -0.768. The second-order valence-electron chi connectivity index (χ2n) is 2.67. The fraction of sp³-hybridized carbons (Fsp3) is 0.0769. The van der Waals surface area contributed by atoms with E-state index in [1.54, 1.807) is 24.3 Å². The van der Waals surface area contributed by atoms with Gasteiger partial charge >= 0.3 is 11.9 Å². The van der Waals surface area contributed by atoms with E-state index in [9.17, 15) is 9.59 Å². The molecule has 0 radical (unpaired) electrons. The monoisotopic (exact) mass is 234 g/mol. The number of ether oxygens (including phenoxy) is 2. The van der Waals surface area contributed by atoms with Crippen molar-refractivity contribution in [2.45, 2.75) is 0 Å². The number of carbonyl (C=O) groups is 2. The van der Waals surface area contributed by atoms with Gasteiger partial charge in [-0.3, -0.25) is 0 Å². The van der Waals surface area contributed by atoms with Crippen molar-refractivity contribution < 1.29 is 19.1 Å². The van der Waals surface area contributed by atoms with Crippen molar-refractivity contribution in [2.24, 2.45) is 0 Å². The van der Waals surface area contributed by atoms with Gasteiger partial charge in [-0.05, 0) is 12.1 Å². The number of carbonyl (C=O) groups excluding carboxylic acids is 2. The first-order valence-corrected chi connectivity index (χ1v) is 4.73. The first kappa shape index (κ1) is 14.6. The van der Waals surface area contributed by atoms with Gasteiger partial charge in [0.2, 0.25) is 0 Å². The van der Waals surface area contributed by atoms with Crippen LogP contribution < -0.4 is 0 Å². The van der Waals surface area contributed by atoms with Crippen LogP contribution in [-0.2, 0) is 14.3 Å². The maximum Gasteiger partial charge on any atom is 0.342 e. The average Bonchev–Trinajstić information content (AvgIpc) is 2.40. The Morgan fingerprint density at radius 1 is 1.18 bits per heavy atom. The normalized spacial score (nSPS) is 8.06. The van der Waals surface area contributed by atoms with Gasteiger partial charge in [0.15, 0.2) is 0 Å². The Morgan fingerprint density at radius 2 is 1.76 bits per heavy atom. The number of hydrogen-bond donors (Lipinski definition) is 0. The lowest BCUT2D eigenvalue weighted by atomic mass is 10.2. The molecule has 0 spiro atoms. The molecule has 1 aromatic carbocycles. The largest absolute Gasteiger partial charge is 0.466 e. The molecule has 4 nitrogen and oxygen atoms in total. The Hall–Kier alpha value is -2.36. The van der Waals surface area contributed by atoms with Crippen molar-refractivity contribution in [3.63, 3.8) is 0 Å². The Bertz CT molecular complexity index is 382. The van der Waals surface area contributed by atoms with E-state index in [1.807, 2.05) is 6.07 Å². The van der Waals surface area contributed by atoms with Crippen molar-refractivity contribution in [3.05, 3.63) is 61.4 Å². The topological polar surface area (TPSA) is 52.6 Å². The van der Waals surface area contributed by atoms with Crippen molar-refractivity contribution in [1.29, 1.82) is 0 Å². The van der Waals surface area contributed by atoms with Crippen LogP contribution >= 0.6 is 0 Å². The lowest BCUT2D eigenvalue weighted by molar-refractivity contribution is -0.134. The van der Waals surface area contributed by atoms with Crippen LogP contribution in [0.15, 0.2) is 55.8 Å². The SMILES string of the molecule is C=CC(=O)OC.C=COC(=O)c1ccccc1. The van der Waals surface area contributed by atoms with Crippen LogP contribution in [0.2, 0.25) is 0 Å². The molecule has 0 bridgehead atoms. The Balaban J connectivity index is 0.000000366. The van der Waals surface area contributed by atoms with Crippen molar-refractivity contribution >= 4 is 11.9 Å². The molecule has 0 unspecified atom stereocenters. The molecule has 0 atom stereocenters. The molecule has 0 aliphatic rings. The van der Waals surface area contributed by atoms with Crippen molar-refractivity contribution in [1.82, 2.24) is 0 Å². The highest BCUT2D eigenvalue weighted by Gasteiger charge is 2.01. The van der Waals surface area contributed by atoms with Gasteiger partial charge in [-0.15, -0.1) is 0 Å². The molecule has 0 N–H and O–H groups in total. The van der Waals surface area contributed by atoms with E-state index in [-0.39, 0.29) is 5.97 Å². The van der Waals surface area contributed by atoms with Gasteiger partial charge in [0.05, 0.1) is 18.9 Å². The van der Waals surface area contributed by atoms with Crippen LogP contribution in [0.5, 0.6) is 0 Å². The predicted octanol–water partition coefficient (Wildman–Crippen LogP) is 2.33. The summed E-state index contributed by atoms with van der Waals surface area (Å²) in [5, 5.41) is 0. The summed E-state index contributed by atoms with van der Waals surface area (Å²) in [5.41, 5.74) is 0.535. The third-order valence-electron chi connectivity index (χ3n) is 1.57. The van der Waals surface area contributed by atoms with Gasteiger partial charge < -0.3 is 9.47 Å². The summed E-state index contributed by atoms with van der Waals surface area (Å²) >= 11 is 0. The van der Waals surface area contributed by atoms with Gasteiger partial charge in [-0.2, -0.15) is 0 Å². The zero-order chi connectivity index (χ0) is 13.1. The highest BCUT2D eigenvalue weighted by molar-refractivity contribution is 5.89. The Morgan fingerprint density at radius 3 is 2.12 bits per heavy atom. The van der Waals surface area contributed by atoms with Gasteiger partial charge in [0.25, 0.3) is 0 Å². The second kappa shape index (κ2) is 8.91. The van der Waals surface area contributed by atoms with E-state index in [1.165, 1.54) is 7.11 Å². The number of methoxy groups -OCH3 is 1. The maximum atomic E-state index is 11.0. The molecular weight excluding hydrogens is 220 g/mol. The zero-order valence-electron chi connectivity index (χ0n) is 9.59. The molecular formula is C13H14O4. The highest BCUT2D eigenvalue weighted by Crippen LogP contribution is 2.00. The lowest BCUT2D eigenvalue weighted by Crippen LogP contribution is -1.98. The molecule has 1 aromatic rings. The van der Waals surface area contributed by atoms with Crippen LogP contribution in [0, 0.1) is 0 Å². The van der Waals surface area contributed by atoms with Gasteiger partial charge in [0, 0.05) is 6.08 Å². The third-order valence-corrected chi connectivity index (χ3v) is 1.57. The molecule has 4 heteroatoms. The van der Waals surface area contributed by atoms with E-state index in [4.69, 9.17) is 0 Å². The molecule has 0 amide bonds. The molecule has 90 valence electrons. The Kier molecular flexibility index (Phi) is 7.67. The molecule has 0 saturated heterocycles. The van der Waals surface area contributed by atoms with E-state index < -0.39 is 5.97 Å². The average molecular weight is 234 g/mol. The predicted molar refractivity (Wildman–Crippen MR) is 64.3 cm³/mol. The molecule has 17 heavy (non-hydrogen) atoms. The second-order valence-corrected chi connectivity index (χ2v) is 2.67. The van der Waals surface area contributed by atoms with Crippen LogP contribution in [0.1, 0.15) is 10.4 Å². The first-order chi connectivity index (χ1) is 8.15. The fourth-order valence-corrected chi connectivity index (χ4v) is 0.801. The standard InChI is InChI=1S/C9H8O2.C4H6O2/c1-2-11-9(10)8-6-4-3-5-7-8;1-3-4(5)6-2/h2-7H,1H2;3H,1H2,2H3. The van der Waals surface area contributed by atoms with Crippen LogP contribution in [0.25, 0.3) is 0 Å². The fourth-order valence-electron chi connectivity index (χ4n) is 0.801. The summed E-state index contributed by atoms with van der Waals surface area (Å²) in [6.07, 6.45) is 2.23. The van der Waals surface area contributed by atoms with E-state index in [0.29, 0.717) is 5.56 Å². The third kappa shape index (κ3) is 6.67. The van der Waals surface area contributed by atoms with E-state index in [0.717, 1.165) is 12.3 Å². The molecule has 0 saturated carbocycles. The first-order valence-electron chi connectivity index (χ1n) is 4.73. The number of esters is 2. The van der Waals surface area contributed by atoms with Gasteiger partial charge in [-0.25, -0.2) is 9.59 Å². The zero-order valence-corrected chi connectivity index (χ0v) is 9.59. The van der Waals surface area contributed by atoms with Crippen molar-refractivity contribution in [3.8, 4) is 0 Å². The number of benzene rings is 1. The van der Waals surface area contributed by atoms with Crippen LogP contribution in [0.4, 0.5) is 0 Å². The summed E-state index contributed by atoms with van der Waals surface area (Å²) in [7, 11) is 1.31. The minimum Gasteiger partial charge on any atom is -0.466 e. The minimum absolute atomic E-state index is 0.374. The summed E-state index contributed by atoms with van der Waals surface area (Å²) < 4.78 is 8.70. The molecule has 0 aliphatic heterocycles. The molecule has 0 heterocycles. The van der Waals surface area contributed by atoms with Gasteiger partial charge in [-0.1, -0.05) is 31.4 Å². The number of hydrogen-bond acceptors (Lipinski definition) is 4. The summed E-state index contributed by atoms with van der Waals surface area (Å²) in [6.45, 7) is 6.44. The van der Waals surface area contributed by atoms with E-state index in [2.05, 4.69) is 22.6 Å². The van der Waals surface area contributed by atoms with Gasteiger partial charge in [0.1, 0.15) is 0 Å². The molecule has 0 aliphatic carbocycles. The summed E-state index contributed by atoms with van der Waals surface area (Å²) in [6, 6.07) is 8.77. The molecule has 0 fully saturated rings. The van der Waals surface area contributed by atoms with Crippen LogP contribution in [-0.4, -0.2) is 19.0 Å². The molecule has 1 rings (SSSR count). The summed E-state index contributed by atoms with van der Waals surface area (Å²) in [4.78, 5) is 20.8. The Labute approximate surface area is 100 Å². The minimum atomic E-state index is -0.394. The smallest absolute Gasteiger partial charge is 0.342 e.